The molecule has 1 aromatic heterocycles. The van der Waals surface area contributed by atoms with Crippen molar-refractivity contribution >= 4 is 44.3 Å². The number of nitrogens with zero attached hydrogens (tertiary/aromatic N) is 2. The van der Waals surface area contributed by atoms with E-state index in [-0.39, 0.29) is 29.6 Å². The maximum atomic E-state index is 10.8. The normalized spacial score (nSPS) is 17.6. The van der Waals surface area contributed by atoms with Gasteiger partial charge in [0.25, 0.3) is 0 Å². The number of ether oxygens (including phenoxy) is 1. The van der Waals surface area contributed by atoms with Crippen LogP contribution in [0.1, 0.15) is 5.01 Å². The van der Waals surface area contributed by atoms with Gasteiger partial charge in [0, 0.05) is 5.75 Å². The minimum Gasteiger partial charge on any atom is -0.548 e. The molecule has 98 valence electrons. The molecule has 0 radical (unpaired) electrons. The second-order valence-corrected chi connectivity index (χ2v) is 5.97. The van der Waals surface area contributed by atoms with Crippen molar-refractivity contribution in [1.29, 1.82) is 0 Å². The first-order chi connectivity index (χ1) is 9.17. The Bertz CT molecular complexity index is 686. The van der Waals surface area contributed by atoms with Crippen LogP contribution in [0.15, 0.2) is 23.2 Å². The van der Waals surface area contributed by atoms with Crippen molar-refractivity contribution in [2.75, 3.05) is 12.9 Å². The number of carbonyl (C=O) groups is 1. The van der Waals surface area contributed by atoms with E-state index in [4.69, 9.17) is 4.74 Å². The second kappa shape index (κ2) is 6.44. The number of carbonyl (C=O) groups excluding carboxylic acids is 1. The summed E-state index contributed by atoms with van der Waals surface area (Å²) >= 11 is 2.88. The summed E-state index contributed by atoms with van der Waals surface area (Å²) < 4.78 is 6.16. The van der Waals surface area contributed by atoms with Crippen LogP contribution in [0, 0.1) is 0 Å². The SMILES string of the molecule is COc1ccc2nc(C3=N[C@@H](C(=O)[O-])CS3)sc2c1.[Na+]. The Morgan fingerprint density at radius 2 is 2.30 bits per heavy atom. The van der Waals surface area contributed by atoms with E-state index < -0.39 is 12.0 Å². The van der Waals surface area contributed by atoms with Gasteiger partial charge in [0.1, 0.15) is 21.8 Å². The van der Waals surface area contributed by atoms with Crippen LogP contribution in [0.5, 0.6) is 5.75 Å². The number of methoxy groups -OCH3 is 1. The molecule has 1 atom stereocenters. The number of thiazole rings is 1. The fourth-order valence-electron chi connectivity index (χ4n) is 1.74. The van der Waals surface area contributed by atoms with E-state index in [1.165, 1.54) is 23.1 Å². The number of carboxylic acids is 1. The predicted molar refractivity (Wildman–Crippen MR) is 74.0 cm³/mol. The van der Waals surface area contributed by atoms with Crippen LogP contribution in [0.25, 0.3) is 10.2 Å². The van der Waals surface area contributed by atoms with E-state index in [0.717, 1.165) is 21.0 Å². The average Bonchev–Trinajstić information content (AvgIpc) is 3.04. The quantitative estimate of drug-likeness (QED) is 0.608. The molecule has 0 unspecified atom stereocenters. The van der Waals surface area contributed by atoms with Crippen molar-refractivity contribution in [2.45, 2.75) is 6.04 Å². The number of carboxylic acid groups (broad SMARTS) is 1. The number of fused-ring (bicyclic) bond motifs is 1. The smallest absolute Gasteiger partial charge is 0.548 e. The van der Waals surface area contributed by atoms with Crippen molar-refractivity contribution in [3.8, 4) is 5.75 Å². The third-order valence-corrected chi connectivity index (χ3v) is 4.91. The molecule has 0 aliphatic carbocycles. The molecule has 8 heteroatoms. The molecular formula is C12H9N2NaO3S2. The fourth-order valence-corrected chi connectivity index (χ4v) is 3.82. The van der Waals surface area contributed by atoms with Crippen LogP contribution >= 0.6 is 23.1 Å². The van der Waals surface area contributed by atoms with Gasteiger partial charge in [-0.25, -0.2) is 4.98 Å². The number of aliphatic imine (C=N–C) groups is 1. The number of aromatic nitrogens is 1. The van der Waals surface area contributed by atoms with E-state index >= 15 is 0 Å². The Kier molecular flexibility index (Phi) is 5.09. The molecule has 0 bridgehead atoms. The molecule has 2 heterocycles. The topological polar surface area (TPSA) is 74.6 Å². The van der Waals surface area contributed by atoms with E-state index in [9.17, 15) is 9.90 Å². The Hall–Kier alpha value is -0.600. The third-order valence-electron chi connectivity index (χ3n) is 2.70. The van der Waals surface area contributed by atoms with Crippen LogP contribution < -0.4 is 39.4 Å². The maximum Gasteiger partial charge on any atom is 1.00 e. The zero-order valence-electron chi connectivity index (χ0n) is 11.0. The molecule has 5 nitrogen and oxygen atoms in total. The standard InChI is InChI=1S/C12H10N2O3S2.Na/c1-17-6-2-3-7-9(4-6)19-11(13-7)10-14-8(5-18-10)12(15)16;/h2-4,8H,5H2,1H3,(H,15,16);/q;+1/p-1/t8-;/m1./s1. The van der Waals surface area contributed by atoms with Gasteiger partial charge in [-0.05, 0) is 18.2 Å². The van der Waals surface area contributed by atoms with Gasteiger partial charge in [-0.3, -0.25) is 4.99 Å². The van der Waals surface area contributed by atoms with Crippen LogP contribution in [-0.4, -0.2) is 34.9 Å². The predicted octanol–water partition coefficient (Wildman–Crippen LogP) is -2.08. The van der Waals surface area contributed by atoms with Gasteiger partial charge in [0.15, 0.2) is 0 Å². The molecule has 20 heavy (non-hydrogen) atoms. The molecule has 0 spiro atoms. The first-order valence-electron chi connectivity index (χ1n) is 5.54. The molecule has 1 aliphatic rings. The molecule has 0 fully saturated rings. The third kappa shape index (κ3) is 3.01. The molecule has 0 saturated heterocycles. The summed E-state index contributed by atoms with van der Waals surface area (Å²) in [5, 5.41) is 12.2. The summed E-state index contributed by atoms with van der Waals surface area (Å²) in [5.74, 6) is 0.0540. The van der Waals surface area contributed by atoms with Crippen molar-refractivity contribution in [2.24, 2.45) is 4.99 Å². The van der Waals surface area contributed by atoms with Crippen molar-refractivity contribution in [1.82, 2.24) is 4.98 Å². The summed E-state index contributed by atoms with van der Waals surface area (Å²) in [6.45, 7) is 0. The van der Waals surface area contributed by atoms with Crippen molar-refractivity contribution < 1.29 is 44.2 Å². The molecule has 2 aromatic rings. The number of rotatable bonds is 3. The number of hydrogen-bond donors (Lipinski definition) is 0. The first-order valence-corrected chi connectivity index (χ1v) is 7.34. The maximum absolute atomic E-state index is 10.8. The number of aliphatic carboxylic acids is 1. The van der Waals surface area contributed by atoms with Crippen LogP contribution in [0.2, 0.25) is 0 Å². The zero-order valence-corrected chi connectivity index (χ0v) is 14.6. The van der Waals surface area contributed by atoms with Gasteiger partial charge in [0.2, 0.25) is 0 Å². The first kappa shape index (κ1) is 15.8. The van der Waals surface area contributed by atoms with Gasteiger partial charge in [-0.2, -0.15) is 0 Å². The number of hydrogen-bond acceptors (Lipinski definition) is 7. The van der Waals surface area contributed by atoms with Crippen LogP contribution in [0.4, 0.5) is 0 Å². The fraction of sp³-hybridized carbons (Fsp3) is 0.250. The Balaban J connectivity index is 0.00000147. The summed E-state index contributed by atoms with van der Waals surface area (Å²) in [5.41, 5.74) is 0.862. The van der Waals surface area contributed by atoms with Gasteiger partial charge >= 0.3 is 29.6 Å². The molecule has 3 rings (SSSR count). The van der Waals surface area contributed by atoms with E-state index in [2.05, 4.69) is 9.98 Å². The van der Waals surface area contributed by atoms with Gasteiger partial charge in [0.05, 0.1) is 23.3 Å². The summed E-state index contributed by atoms with van der Waals surface area (Å²) in [6.07, 6.45) is 0. The minimum atomic E-state index is -1.13. The van der Waals surface area contributed by atoms with E-state index in [0.29, 0.717) is 10.8 Å². The van der Waals surface area contributed by atoms with Crippen molar-refractivity contribution in [3.05, 3.63) is 23.2 Å². The molecule has 1 aromatic carbocycles. The molecule has 0 amide bonds. The van der Waals surface area contributed by atoms with Gasteiger partial charge < -0.3 is 14.6 Å². The van der Waals surface area contributed by atoms with E-state index in [1.54, 1.807) is 7.11 Å². The summed E-state index contributed by atoms with van der Waals surface area (Å²) in [4.78, 5) is 19.4. The largest absolute Gasteiger partial charge is 1.00 e. The molecule has 1 aliphatic heterocycles. The van der Waals surface area contributed by atoms with Gasteiger partial charge in [-0.15, -0.1) is 23.1 Å². The molecular weight excluding hydrogens is 307 g/mol. The Morgan fingerprint density at radius 3 is 2.95 bits per heavy atom. The molecule has 0 saturated carbocycles. The number of thioether (sulfide) groups is 1. The van der Waals surface area contributed by atoms with Crippen molar-refractivity contribution in [3.63, 3.8) is 0 Å². The molecule has 0 N–H and O–H groups in total. The average molecular weight is 316 g/mol. The zero-order chi connectivity index (χ0) is 13.4. The van der Waals surface area contributed by atoms with Crippen LogP contribution in [-0.2, 0) is 4.79 Å². The second-order valence-electron chi connectivity index (χ2n) is 3.93. The van der Waals surface area contributed by atoms with E-state index in [1.807, 2.05) is 18.2 Å². The monoisotopic (exact) mass is 316 g/mol. The van der Waals surface area contributed by atoms with Gasteiger partial charge in [-0.1, -0.05) is 0 Å². The minimum absolute atomic E-state index is 0. The number of benzene rings is 1. The van der Waals surface area contributed by atoms with Crippen LogP contribution in [0.3, 0.4) is 0 Å². The summed E-state index contributed by atoms with van der Waals surface area (Å²) in [7, 11) is 1.62. The summed E-state index contributed by atoms with van der Waals surface area (Å²) in [6, 6.07) is 4.87. The Labute approximate surface area is 145 Å². The Morgan fingerprint density at radius 1 is 1.50 bits per heavy atom.